The second kappa shape index (κ2) is 6.87. The maximum absolute atomic E-state index is 13.3. The molecule has 0 radical (unpaired) electrons. The Balaban J connectivity index is 1.91. The summed E-state index contributed by atoms with van der Waals surface area (Å²) in [5, 5.41) is -0.679. The number of nitrogens with zero attached hydrogens (tertiary/aromatic N) is 1. The third-order valence-corrected chi connectivity index (χ3v) is 7.62. The molecule has 2 unspecified atom stereocenters. The van der Waals surface area contributed by atoms with E-state index in [9.17, 15) is 13.2 Å². The Morgan fingerprint density at radius 2 is 1.85 bits per heavy atom. The molecule has 0 aromatic heterocycles. The van der Waals surface area contributed by atoms with Crippen LogP contribution in [-0.4, -0.2) is 42.3 Å². The number of amides is 1. The number of terminal acetylenes is 1. The number of piperidine rings is 1. The lowest BCUT2D eigenvalue weighted by Gasteiger charge is -2.42. The van der Waals surface area contributed by atoms with Gasteiger partial charge in [-0.1, -0.05) is 23.6 Å². The summed E-state index contributed by atoms with van der Waals surface area (Å²) in [6.07, 6.45) is 7.18. The van der Waals surface area contributed by atoms with Crippen molar-refractivity contribution >= 4 is 15.9 Å². The Kier molecular flexibility index (Phi) is 5.02. The van der Waals surface area contributed by atoms with Crippen LogP contribution in [0.3, 0.4) is 0 Å². The van der Waals surface area contributed by atoms with Gasteiger partial charge < -0.3 is 9.64 Å². The van der Waals surface area contributed by atoms with E-state index in [4.69, 9.17) is 11.2 Å². The summed E-state index contributed by atoms with van der Waals surface area (Å²) in [4.78, 5) is 14.7. The molecule has 1 aromatic carbocycles. The monoisotopic (exact) mass is 389 g/mol. The summed E-state index contributed by atoms with van der Waals surface area (Å²) >= 11 is 0. The third kappa shape index (κ3) is 3.70. The number of aryl methyl sites for hydroxylation is 1. The number of hydrogen-bond donors (Lipinski definition) is 0. The number of carbonyl (C=O) groups is 1. The predicted molar refractivity (Wildman–Crippen MR) is 104 cm³/mol. The average Bonchev–Trinajstić information content (AvgIpc) is 2.88. The molecule has 0 N–H and O–H groups in total. The summed E-state index contributed by atoms with van der Waals surface area (Å²) in [7, 11) is -3.57. The maximum atomic E-state index is 13.3. The zero-order valence-electron chi connectivity index (χ0n) is 16.3. The van der Waals surface area contributed by atoms with Gasteiger partial charge in [0.1, 0.15) is 5.60 Å². The topological polar surface area (TPSA) is 63.7 Å². The second-order valence-electron chi connectivity index (χ2n) is 8.51. The standard InChI is InChI=1S/C21H27NO4S/c1-6-17-18-12-9-15(22(18)20(23)26-21(3,4)5)13-19(17)27(24,25)16-10-7-14(2)8-11-16/h1,7-8,10-11,15,17-19H,9,12-13H2,2-5H3/t15-,17?,18+,19?/m1/s1. The van der Waals surface area contributed by atoms with E-state index in [1.807, 2.05) is 27.7 Å². The van der Waals surface area contributed by atoms with Gasteiger partial charge >= 0.3 is 6.09 Å². The molecule has 6 heteroatoms. The van der Waals surface area contributed by atoms with E-state index in [2.05, 4.69) is 5.92 Å². The van der Waals surface area contributed by atoms with Crippen LogP contribution in [0.1, 0.15) is 45.6 Å². The maximum Gasteiger partial charge on any atom is 0.410 e. The molecule has 27 heavy (non-hydrogen) atoms. The van der Waals surface area contributed by atoms with Crippen molar-refractivity contribution in [3.63, 3.8) is 0 Å². The summed E-state index contributed by atoms with van der Waals surface area (Å²) in [5.41, 5.74) is 0.398. The van der Waals surface area contributed by atoms with Gasteiger partial charge in [0.2, 0.25) is 0 Å². The Bertz CT molecular complexity index is 861. The lowest BCUT2D eigenvalue weighted by atomic mass is 9.90. The van der Waals surface area contributed by atoms with Crippen LogP contribution in [0.2, 0.25) is 0 Å². The number of ether oxygens (including phenoxy) is 1. The van der Waals surface area contributed by atoms with E-state index in [0.717, 1.165) is 12.0 Å². The Labute approximate surface area is 162 Å². The summed E-state index contributed by atoms with van der Waals surface area (Å²) in [6.45, 7) is 7.38. The van der Waals surface area contributed by atoms with E-state index in [1.54, 1.807) is 29.2 Å². The molecule has 1 aromatic rings. The molecule has 0 spiro atoms. The minimum absolute atomic E-state index is 0.153. The quantitative estimate of drug-likeness (QED) is 0.726. The summed E-state index contributed by atoms with van der Waals surface area (Å²) in [6, 6.07) is 6.42. The van der Waals surface area contributed by atoms with Crippen molar-refractivity contribution in [3.8, 4) is 12.3 Å². The van der Waals surface area contributed by atoms with Crippen LogP contribution in [0.5, 0.6) is 0 Å². The molecule has 2 aliphatic heterocycles. The second-order valence-corrected chi connectivity index (χ2v) is 10.7. The highest BCUT2D eigenvalue weighted by atomic mass is 32.2. The largest absolute Gasteiger partial charge is 0.444 e. The molecule has 2 bridgehead atoms. The first-order valence-electron chi connectivity index (χ1n) is 9.32. The van der Waals surface area contributed by atoms with Crippen LogP contribution >= 0.6 is 0 Å². The zero-order chi connectivity index (χ0) is 20.0. The smallest absolute Gasteiger partial charge is 0.410 e. The Morgan fingerprint density at radius 1 is 1.22 bits per heavy atom. The van der Waals surface area contributed by atoms with Gasteiger partial charge in [0.15, 0.2) is 9.84 Å². The molecule has 2 heterocycles. The van der Waals surface area contributed by atoms with Crippen LogP contribution in [0.25, 0.3) is 0 Å². The number of rotatable bonds is 2. The number of sulfone groups is 1. The molecule has 0 saturated carbocycles. The number of benzene rings is 1. The van der Waals surface area contributed by atoms with E-state index < -0.39 is 32.7 Å². The molecule has 4 atom stereocenters. The van der Waals surface area contributed by atoms with Crippen molar-refractivity contribution in [2.45, 2.75) is 74.8 Å². The lowest BCUT2D eigenvalue weighted by Crippen LogP contribution is -2.55. The molecular formula is C21H27NO4S. The van der Waals surface area contributed by atoms with Gasteiger partial charge in [-0.3, -0.25) is 0 Å². The molecule has 2 saturated heterocycles. The van der Waals surface area contributed by atoms with Crippen molar-refractivity contribution in [3.05, 3.63) is 29.8 Å². The van der Waals surface area contributed by atoms with Gasteiger partial charge in [0.05, 0.1) is 22.1 Å². The fraction of sp³-hybridized carbons (Fsp3) is 0.571. The fourth-order valence-electron chi connectivity index (χ4n) is 4.20. The Hall–Kier alpha value is -2.00. The molecule has 3 rings (SSSR count). The lowest BCUT2D eigenvalue weighted by molar-refractivity contribution is 0.00359. The third-order valence-electron chi connectivity index (χ3n) is 5.41. The van der Waals surface area contributed by atoms with Crippen molar-refractivity contribution in [2.24, 2.45) is 5.92 Å². The first-order chi connectivity index (χ1) is 12.5. The van der Waals surface area contributed by atoms with Gasteiger partial charge in [0, 0.05) is 6.04 Å². The summed E-state index contributed by atoms with van der Waals surface area (Å²) < 4.78 is 32.1. The first kappa shape index (κ1) is 19.8. The summed E-state index contributed by atoms with van der Waals surface area (Å²) in [5.74, 6) is 2.15. The Morgan fingerprint density at radius 3 is 2.41 bits per heavy atom. The SMILES string of the molecule is C#CC1C(S(=O)(=O)c2ccc(C)cc2)C[C@H]2CC[C@@H]1N2C(=O)OC(C)(C)C. The highest BCUT2D eigenvalue weighted by Gasteiger charge is 2.53. The highest BCUT2D eigenvalue weighted by Crippen LogP contribution is 2.43. The molecule has 2 aliphatic rings. The van der Waals surface area contributed by atoms with Crippen LogP contribution in [0, 0.1) is 25.2 Å². The van der Waals surface area contributed by atoms with E-state index in [-0.39, 0.29) is 12.1 Å². The minimum Gasteiger partial charge on any atom is -0.444 e. The number of carbonyl (C=O) groups excluding carboxylic acids is 1. The molecule has 5 nitrogen and oxygen atoms in total. The normalized spacial score (nSPS) is 27.9. The highest BCUT2D eigenvalue weighted by molar-refractivity contribution is 7.92. The molecule has 1 amide bonds. The molecule has 2 fully saturated rings. The molecular weight excluding hydrogens is 362 g/mol. The van der Waals surface area contributed by atoms with Crippen molar-refractivity contribution in [1.82, 2.24) is 4.90 Å². The van der Waals surface area contributed by atoms with E-state index in [1.165, 1.54) is 0 Å². The van der Waals surface area contributed by atoms with Gasteiger partial charge in [-0.2, -0.15) is 0 Å². The van der Waals surface area contributed by atoms with Crippen LogP contribution in [0.4, 0.5) is 4.79 Å². The van der Waals surface area contributed by atoms with Crippen molar-refractivity contribution in [2.75, 3.05) is 0 Å². The van der Waals surface area contributed by atoms with Crippen molar-refractivity contribution < 1.29 is 17.9 Å². The average molecular weight is 390 g/mol. The van der Waals surface area contributed by atoms with E-state index in [0.29, 0.717) is 17.7 Å². The van der Waals surface area contributed by atoms with E-state index >= 15 is 0 Å². The molecule has 0 aliphatic carbocycles. The van der Waals surface area contributed by atoms with Gasteiger partial charge in [0.25, 0.3) is 0 Å². The van der Waals surface area contributed by atoms with Crippen molar-refractivity contribution in [1.29, 1.82) is 0 Å². The van der Waals surface area contributed by atoms with Crippen LogP contribution in [-0.2, 0) is 14.6 Å². The van der Waals surface area contributed by atoms with Gasteiger partial charge in [-0.05, 0) is 59.1 Å². The fourth-order valence-corrected chi connectivity index (χ4v) is 6.19. The zero-order valence-corrected chi connectivity index (χ0v) is 17.1. The van der Waals surface area contributed by atoms with Gasteiger partial charge in [-0.15, -0.1) is 6.42 Å². The number of fused-ring (bicyclic) bond motifs is 2. The predicted octanol–water partition coefficient (Wildman–Crippen LogP) is 3.56. The van der Waals surface area contributed by atoms with Crippen LogP contribution in [0.15, 0.2) is 29.2 Å². The minimum atomic E-state index is -3.57. The van der Waals surface area contributed by atoms with Gasteiger partial charge in [-0.25, -0.2) is 13.2 Å². The molecule has 146 valence electrons. The number of hydrogen-bond acceptors (Lipinski definition) is 4. The first-order valence-corrected chi connectivity index (χ1v) is 10.9. The van der Waals surface area contributed by atoms with Crippen LogP contribution < -0.4 is 0 Å².